The second-order valence-corrected chi connectivity index (χ2v) is 10.0. The van der Waals surface area contributed by atoms with Crippen molar-refractivity contribution in [2.75, 3.05) is 0 Å². The van der Waals surface area contributed by atoms with Gasteiger partial charge < -0.3 is 8.98 Å². The molecule has 7 rings (SSSR count). The molecule has 0 N–H and O–H groups in total. The van der Waals surface area contributed by atoms with Crippen LogP contribution in [0.5, 0.6) is 0 Å². The number of imidazole rings is 1. The number of aryl methyl sites for hydroxylation is 2. The first kappa shape index (κ1) is 21.7. The van der Waals surface area contributed by atoms with E-state index in [-0.39, 0.29) is 6.04 Å². The van der Waals surface area contributed by atoms with E-state index in [1.807, 2.05) is 25.1 Å². The van der Waals surface area contributed by atoms with Crippen molar-refractivity contribution in [3.63, 3.8) is 0 Å². The number of rotatable bonds is 3. The first-order chi connectivity index (χ1) is 18.0. The van der Waals surface area contributed by atoms with Gasteiger partial charge in [-0.1, -0.05) is 36.4 Å². The van der Waals surface area contributed by atoms with Crippen LogP contribution in [-0.2, 0) is 0 Å². The molecule has 0 saturated heterocycles. The highest BCUT2D eigenvalue weighted by Gasteiger charge is 2.23. The van der Waals surface area contributed by atoms with Gasteiger partial charge in [0, 0.05) is 33.5 Å². The smallest absolute Gasteiger partial charge is 0.227 e. The summed E-state index contributed by atoms with van der Waals surface area (Å²) >= 11 is 0. The molecule has 3 aromatic carbocycles. The number of furan rings is 1. The summed E-state index contributed by atoms with van der Waals surface area (Å²) in [5.74, 6) is 0.894. The van der Waals surface area contributed by atoms with Crippen LogP contribution in [0.2, 0.25) is 0 Å². The minimum Gasteiger partial charge on any atom is -0.437 e. The van der Waals surface area contributed by atoms with E-state index in [0.29, 0.717) is 5.71 Å². The Morgan fingerprint density at radius 1 is 0.730 bits per heavy atom. The molecule has 0 bridgehead atoms. The summed E-state index contributed by atoms with van der Waals surface area (Å²) in [5, 5.41) is 3.22. The molecular weight excluding hydrogens is 456 g/mol. The first-order valence-corrected chi connectivity index (χ1v) is 12.7. The van der Waals surface area contributed by atoms with Gasteiger partial charge in [-0.25, -0.2) is 9.97 Å². The number of hydrogen-bond donors (Lipinski definition) is 0. The molecular formula is C32H26N4O. The normalized spacial score (nSPS) is 12.0. The average molecular weight is 483 g/mol. The molecule has 0 amide bonds. The molecule has 4 heterocycles. The van der Waals surface area contributed by atoms with E-state index in [2.05, 4.69) is 86.0 Å². The number of nitrogens with zero attached hydrogens (tertiary/aromatic N) is 4. The van der Waals surface area contributed by atoms with Crippen LogP contribution in [0.4, 0.5) is 0 Å². The van der Waals surface area contributed by atoms with Crippen LogP contribution in [0.1, 0.15) is 31.1 Å². The van der Waals surface area contributed by atoms with Crippen LogP contribution >= 0.6 is 0 Å². The zero-order chi connectivity index (χ0) is 25.3. The van der Waals surface area contributed by atoms with Crippen LogP contribution < -0.4 is 0 Å². The molecule has 7 aromatic rings. The topological polar surface area (TPSA) is 56.7 Å². The van der Waals surface area contributed by atoms with E-state index in [1.165, 1.54) is 0 Å². The zero-order valence-electron chi connectivity index (χ0n) is 21.3. The van der Waals surface area contributed by atoms with Gasteiger partial charge in [0.05, 0.1) is 27.8 Å². The molecule has 180 valence electrons. The predicted molar refractivity (Wildman–Crippen MR) is 151 cm³/mol. The van der Waals surface area contributed by atoms with Gasteiger partial charge >= 0.3 is 0 Å². The second kappa shape index (κ2) is 8.00. The van der Waals surface area contributed by atoms with Crippen molar-refractivity contribution in [2.45, 2.75) is 33.7 Å². The van der Waals surface area contributed by atoms with Crippen molar-refractivity contribution in [2.24, 2.45) is 0 Å². The van der Waals surface area contributed by atoms with Crippen LogP contribution in [0.15, 0.2) is 83.3 Å². The summed E-state index contributed by atoms with van der Waals surface area (Å²) in [7, 11) is 0. The van der Waals surface area contributed by atoms with E-state index < -0.39 is 0 Å². The van der Waals surface area contributed by atoms with E-state index >= 15 is 0 Å². The Balaban J connectivity index is 1.53. The Hall–Kier alpha value is -4.51. The molecule has 5 nitrogen and oxygen atoms in total. The summed E-state index contributed by atoms with van der Waals surface area (Å²) in [4.78, 5) is 14.8. The quantitative estimate of drug-likeness (QED) is 0.254. The molecule has 0 radical (unpaired) electrons. The monoisotopic (exact) mass is 482 g/mol. The average Bonchev–Trinajstić information content (AvgIpc) is 3.48. The molecule has 0 unspecified atom stereocenters. The van der Waals surface area contributed by atoms with Crippen molar-refractivity contribution in [1.29, 1.82) is 0 Å². The van der Waals surface area contributed by atoms with Gasteiger partial charge in [0.25, 0.3) is 0 Å². The fourth-order valence-corrected chi connectivity index (χ4v) is 5.46. The second-order valence-electron chi connectivity index (χ2n) is 10.0. The summed E-state index contributed by atoms with van der Waals surface area (Å²) in [6.07, 6.45) is 0. The number of benzene rings is 3. The van der Waals surface area contributed by atoms with Crippen molar-refractivity contribution in [3.05, 3.63) is 90.1 Å². The van der Waals surface area contributed by atoms with E-state index in [1.54, 1.807) is 0 Å². The fourth-order valence-electron chi connectivity index (χ4n) is 5.46. The lowest BCUT2D eigenvalue weighted by molar-refractivity contribution is 0.622. The Bertz CT molecular complexity index is 1980. The maximum atomic E-state index is 6.54. The van der Waals surface area contributed by atoms with Crippen molar-refractivity contribution in [1.82, 2.24) is 19.5 Å². The van der Waals surface area contributed by atoms with Crippen LogP contribution in [-0.4, -0.2) is 19.5 Å². The Morgan fingerprint density at radius 2 is 1.51 bits per heavy atom. The molecule has 0 aliphatic heterocycles. The molecule has 0 fully saturated rings. The zero-order valence-corrected chi connectivity index (χ0v) is 21.3. The highest BCUT2D eigenvalue weighted by molar-refractivity contribution is 6.11. The standard InChI is InChI=1S/C32H26N4O/c1-18(2)36-29-22-13-11-20(4)33-26(22)16-17-27(29)34-31(36)24-12-10-19(3)28-23-14-15-25(21-8-6-5-7-9-21)35-32(23)37-30(24)28/h5-18H,1-4H3. The Morgan fingerprint density at radius 3 is 2.32 bits per heavy atom. The van der Waals surface area contributed by atoms with Crippen LogP contribution in [0, 0.1) is 13.8 Å². The third kappa shape index (κ3) is 3.27. The van der Waals surface area contributed by atoms with Gasteiger partial charge in [0.2, 0.25) is 5.71 Å². The largest absolute Gasteiger partial charge is 0.437 e. The lowest BCUT2D eigenvalue weighted by Gasteiger charge is -2.15. The van der Waals surface area contributed by atoms with Gasteiger partial charge in [-0.2, -0.15) is 0 Å². The Kier molecular flexibility index (Phi) is 4.70. The predicted octanol–water partition coefficient (Wildman–Crippen LogP) is 8.41. The van der Waals surface area contributed by atoms with Crippen molar-refractivity contribution in [3.8, 4) is 22.6 Å². The first-order valence-electron chi connectivity index (χ1n) is 12.7. The van der Waals surface area contributed by atoms with Crippen molar-refractivity contribution < 1.29 is 4.42 Å². The lowest BCUT2D eigenvalue weighted by atomic mass is 10.0. The molecule has 0 aliphatic carbocycles. The molecule has 0 spiro atoms. The van der Waals surface area contributed by atoms with E-state index in [4.69, 9.17) is 19.4 Å². The maximum Gasteiger partial charge on any atom is 0.227 e. The lowest BCUT2D eigenvalue weighted by Crippen LogP contribution is -2.04. The Labute approximate surface area is 214 Å². The minimum atomic E-state index is 0.190. The summed E-state index contributed by atoms with van der Waals surface area (Å²) in [6.45, 7) is 8.54. The van der Waals surface area contributed by atoms with Gasteiger partial charge in [0.1, 0.15) is 11.4 Å². The number of fused-ring (bicyclic) bond motifs is 6. The SMILES string of the molecule is Cc1ccc2c(ccc3nc(-c4ccc(C)c5c4oc4nc(-c6ccccc6)ccc45)n(C(C)C)c32)n1. The maximum absolute atomic E-state index is 6.54. The van der Waals surface area contributed by atoms with Crippen LogP contribution in [0.3, 0.4) is 0 Å². The molecule has 0 atom stereocenters. The van der Waals surface area contributed by atoms with Gasteiger partial charge in [-0.3, -0.25) is 4.98 Å². The highest BCUT2D eigenvalue weighted by Crippen LogP contribution is 2.40. The molecule has 0 aliphatic rings. The summed E-state index contributed by atoms with van der Waals surface area (Å²) < 4.78 is 8.85. The van der Waals surface area contributed by atoms with E-state index in [0.717, 1.165) is 72.2 Å². The number of hydrogen-bond acceptors (Lipinski definition) is 4. The van der Waals surface area contributed by atoms with Crippen molar-refractivity contribution >= 4 is 44.0 Å². The molecule has 5 heteroatoms. The molecule has 0 saturated carbocycles. The van der Waals surface area contributed by atoms with Gasteiger partial charge in [0.15, 0.2) is 0 Å². The third-order valence-electron chi connectivity index (χ3n) is 7.18. The van der Waals surface area contributed by atoms with Gasteiger partial charge in [-0.15, -0.1) is 0 Å². The van der Waals surface area contributed by atoms with Gasteiger partial charge in [-0.05, 0) is 75.7 Å². The highest BCUT2D eigenvalue weighted by atomic mass is 16.3. The minimum absolute atomic E-state index is 0.190. The molecule has 37 heavy (non-hydrogen) atoms. The summed E-state index contributed by atoms with van der Waals surface area (Å²) in [6, 6.07) is 27.2. The fraction of sp³-hybridized carbons (Fsp3) is 0.156. The van der Waals surface area contributed by atoms with Crippen LogP contribution in [0.25, 0.3) is 66.7 Å². The molecule has 4 aromatic heterocycles. The third-order valence-corrected chi connectivity index (χ3v) is 7.18. The summed E-state index contributed by atoms with van der Waals surface area (Å²) in [5.41, 5.74) is 9.60. The van der Waals surface area contributed by atoms with E-state index in [9.17, 15) is 0 Å². The number of aromatic nitrogens is 4. The number of pyridine rings is 2.